The summed E-state index contributed by atoms with van der Waals surface area (Å²) in [6, 6.07) is 10.5. The number of alkyl halides is 3. The number of hydrogen-bond acceptors (Lipinski definition) is 4. The van der Waals surface area contributed by atoms with Gasteiger partial charge >= 0.3 is 11.5 Å². The molecule has 25 heavy (non-hydrogen) atoms. The Morgan fingerprint density at radius 1 is 1.12 bits per heavy atom. The normalized spacial score (nSPS) is 12.6. The van der Waals surface area contributed by atoms with Crippen molar-refractivity contribution < 1.29 is 28.0 Å². The Balaban J connectivity index is 2.26. The third-order valence-corrected chi connectivity index (χ3v) is 4.36. The van der Waals surface area contributed by atoms with Crippen molar-refractivity contribution in [1.82, 2.24) is 0 Å². The average molecular weight is 371 g/mol. The third-order valence-electron chi connectivity index (χ3n) is 3.37. The number of halogens is 3. The predicted molar refractivity (Wildman–Crippen MR) is 86.6 cm³/mol. The molecule has 0 fully saturated rings. The molecule has 1 N–H and O–H groups in total. The van der Waals surface area contributed by atoms with Crippen LogP contribution >= 0.6 is 11.8 Å². The van der Waals surface area contributed by atoms with Crippen LogP contribution < -0.4 is 0 Å². The van der Waals surface area contributed by atoms with Crippen LogP contribution in [0.2, 0.25) is 0 Å². The molecule has 2 aromatic rings. The van der Waals surface area contributed by atoms with Crippen molar-refractivity contribution in [2.24, 2.45) is 0 Å². The SMILES string of the molecule is O=C(O)c1ccc(CC(SC(F)(F)F)c2ccc([N+](=O)[O-])cc2)cc1. The predicted octanol–water partition coefficient (Wildman–Crippen LogP) is 4.83. The van der Waals surface area contributed by atoms with E-state index in [9.17, 15) is 28.1 Å². The zero-order valence-corrected chi connectivity index (χ0v) is 13.4. The van der Waals surface area contributed by atoms with Crippen molar-refractivity contribution in [3.05, 3.63) is 75.3 Å². The number of aromatic carboxylic acids is 1. The highest BCUT2D eigenvalue weighted by atomic mass is 32.2. The van der Waals surface area contributed by atoms with Gasteiger partial charge in [-0.25, -0.2) is 4.79 Å². The number of non-ortho nitro benzene ring substituents is 1. The van der Waals surface area contributed by atoms with Crippen LogP contribution in [0.4, 0.5) is 18.9 Å². The quantitative estimate of drug-likeness (QED) is 0.581. The number of nitro benzene ring substituents is 1. The minimum Gasteiger partial charge on any atom is -0.478 e. The molecule has 0 amide bonds. The van der Waals surface area contributed by atoms with Gasteiger partial charge in [-0.2, -0.15) is 13.2 Å². The first kappa shape index (κ1) is 18.8. The number of carbonyl (C=O) groups is 1. The maximum absolute atomic E-state index is 12.8. The third kappa shape index (κ3) is 5.49. The summed E-state index contributed by atoms with van der Waals surface area (Å²) >= 11 is -0.212. The summed E-state index contributed by atoms with van der Waals surface area (Å²) in [5.41, 5.74) is -3.81. The number of nitrogens with zero attached hydrogens (tertiary/aromatic N) is 1. The largest absolute Gasteiger partial charge is 0.478 e. The zero-order chi connectivity index (χ0) is 18.6. The van der Waals surface area contributed by atoms with Crippen molar-refractivity contribution in [2.75, 3.05) is 0 Å². The molecule has 1 unspecified atom stereocenters. The summed E-state index contributed by atoms with van der Waals surface area (Å²) in [6.45, 7) is 0. The van der Waals surface area contributed by atoms with Crippen molar-refractivity contribution in [3.8, 4) is 0 Å². The lowest BCUT2D eigenvalue weighted by Gasteiger charge is -2.18. The topological polar surface area (TPSA) is 80.4 Å². The number of rotatable bonds is 6. The smallest absolute Gasteiger partial charge is 0.442 e. The van der Waals surface area contributed by atoms with Crippen molar-refractivity contribution in [3.63, 3.8) is 0 Å². The number of carboxylic acids is 1. The minimum absolute atomic E-state index is 0.00187. The summed E-state index contributed by atoms with van der Waals surface area (Å²) in [5.74, 6) is -1.12. The van der Waals surface area contributed by atoms with Gasteiger partial charge in [-0.15, -0.1) is 0 Å². The summed E-state index contributed by atoms with van der Waals surface area (Å²) in [6.07, 6.45) is 0.00187. The second kappa shape index (κ2) is 7.56. The van der Waals surface area contributed by atoms with E-state index in [1.165, 1.54) is 36.4 Å². The van der Waals surface area contributed by atoms with Crippen LogP contribution in [0, 0.1) is 10.1 Å². The Bertz CT molecular complexity index is 760. The maximum atomic E-state index is 12.8. The molecular weight excluding hydrogens is 359 g/mol. The molecule has 0 saturated heterocycles. The van der Waals surface area contributed by atoms with Crippen molar-refractivity contribution in [2.45, 2.75) is 17.2 Å². The van der Waals surface area contributed by atoms with E-state index in [0.29, 0.717) is 11.1 Å². The van der Waals surface area contributed by atoms with Crippen LogP contribution in [-0.2, 0) is 6.42 Å². The number of nitro groups is 1. The number of benzene rings is 2. The van der Waals surface area contributed by atoms with Crippen LogP contribution in [0.15, 0.2) is 48.5 Å². The Hall–Kier alpha value is -2.55. The van der Waals surface area contributed by atoms with Gasteiger partial charge in [0.25, 0.3) is 5.69 Å². The molecule has 0 aromatic heterocycles. The van der Waals surface area contributed by atoms with E-state index in [4.69, 9.17) is 5.11 Å². The van der Waals surface area contributed by atoms with Gasteiger partial charge < -0.3 is 5.11 Å². The molecule has 0 spiro atoms. The molecule has 9 heteroatoms. The number of hydrogen-bond donors (Lipinski definition) is 1. The van der Waals surface area contributed by atoms with Gasteiger partial charge in [0.2, 0.25) is 0 Å². The number of carboxylic acid groups (broad SMARTS) is 1. The molecule has 0 aliphatic carbocycles. The summed E-state index contributed by atoms with van der Waals surface area (Å²) in [5, 5.41) is 18.5. The molecule has 5 nitrogen and oxygen atoms in total. The van der Waals surface area contributed by atoms with E-state index >= 15 is 0 Å². The van der Waals surface area contributed by atoms with Gasteiger partial charge in [0.05, 0.1) is 10.5 Å². The van der Waals surface area contributed by atoms with Crippen LogP contribution in [0.3, 0.4) is 0 Å². The van der Waals surface area contributed by atoms with Gasteiger partial charge in [-0.1, -0.05) is 24.3 Å². The van der Waals surface area contributed by atoms with Gasteiger partial charge in [0.1, 0.15) is 0 Å². The Labute approximate surface area is 144 Å². The molecule has 0 saturated carbocycles. The molecule has 0 heterocycles. The molecular formula is C16H12F3NO4S. The lowest BCUT2D eigenvalue weighted by molar-refractivity contribution is -0.384. The molecule has 0 radical (unpaired) electrons. The first-order chi connectivity index (χ1) is 11.7. The Morgan fingerprint density at radius 3 is 2.12 bits per heavy atom. The maximum Gasteiger partial charge on any atom is 0.442 e. The van der Waals surface area contributed by atoms with E-state index in [-0.39, 0.29) is 29.4 Å². The van der Waals surface area contributed by atoms with E-state index in [0.717, 1.165) is 12.1 Å². The van der Waals surface area contributed by atoms with Crippen molar-refractivity contribution in [1.29, 1.82) is 0 Å². The lowest BCUT2D eigenvalue weighted by atomic mass is 10.0. The summed E-state index contributed by atoms with van der Waals surface area (Å²) in [4.78, 5) is 20.9. The van der Waals surface area contributed by atoms with E-state index in [2.05, 4.69) is 0 Å². The van der Waals surface area contributed by atoms with Crippen LogP contribution in [0.25, 0.3) is 0 Å². The van der Waals surface area contributed by atoms with Crippen LogP contribution in [0.1, 0.15) is 26.7 Å². The fourth-order valence-electron chi connectivity index (χ4n) is 2.20. The highest BCUT2D eigenvalue weighted by molar-refractivity contribution is 8.00. The lowest BCUT2D eigenvalue weighted by Crippen LogP contribution is -2.09. The van der Waals surface area contributed by atoms with Crippen molar-refractivity contribution >= 4 is 23.4 Å². The molecule has 2 rings (SSSR count). The Morgan fingerprint density at radius 2 is 1.68 bits per heavy atom. The molecule has 0 bridgehead atoms. The van der Waals surface area contributed by atoms with Crippen LogP contribution in [0.5, 0.6) is 0 Å². The monoisotopic (exact) mass is 371 g/mol. The zero-order valence-electron chi connectivity index (χ0n) is 12.6. The van der Waals surface area contributed by atoms with Gasteiger partial charge in [-0.3, -0.25) is 10.1 Å². The molecule has 132 valence electrons. The molecule has 2 aromatic carbocycles. The Kier molecular flexibility index (Phi) is 5.68. The summed E-state index contributed by atoms with van der Waals surface area (Å²) < 4.78 is 38.5. The second-order valence-corrected chi connectivity index (χ2v) is 6.37. The van der Waals surface area contributed by atoms with Gasteiger partial charge in [0, 0.05) is 17.4 Å². The molecule has 0 aliphatic heterocycles. The number of thioether (sulfide) groups is 1. The molecule has 0 aliphatic rings. The fraction of sp³-hybridized carbons (Fsp3) is 0.188. The van der Waals surface area contributed by atoms with E-state index in [1.807, 2.05) is 0 Å². The van der Waals surface area contributed by atoms with Gasteiger partial charge in [0.15, 0.2) is 0 Å². The first-order valence-corrected chi connectivity index (χ1v) is 7.85. The molecule has 1 atom stereocenters. The highest BCUT2D eigenvalue weighted by Crippen LogP contribution is 2.44. The van der Waals surface area contributed by atoms with E-state index in [1.54, 1.807) is 0 Å². The first-order valence-electron chi connectivity index (χ1n) is 6.97. The minimum atomic E-state index is -4.48. The fourth-order valence-corrected chi connectivity index (χ4v) is 3.09. The van der Waals surface area contributed by atoms with E-state index < -0.39 is 21.7 Å². The standard InChI is InChI=1S/C16H12F3NO4S/c17-16(18,19)25-14(11-5-7-13(8-6-11)20(23)24)9-10-1-3-12(4-2-10)15(21)22/h1-8,14H,9H2,(H,21,22). The summed E-state index contributed by atoms with van der Waals surface area (Å²) in [7, 11) is 0. The second-order valence-electron chi connectivity index (χ2n) is 5.11. The van der Waals surface area contributed by atoms with Gasteiger partial charge in [-0.05, 0) is 41.4 Å². The average Bonchev–Trinajstić information content (AvgIpc) is 2.53. The highest BCUT2D eigenvalue weighted by Gasteiger charge is 2.34. The van der Waals surface area contributed by atoms with Crippen LogP contribution in [-0.4, -0.2) is 21.5 Å².